The molecule has 0 radical (unpaired) electrons. The van der Waals surface area contributed by atoms with Crippen LogP contribution in [0.15, 0.2) is 18.2 Å². The molecule has 3 aliphatic heterocycles. The summed E-state index contributed by atoms with van der Waals surface area (Å²) in [5.41, 5.74) is 1.52. The Hall–Kier alpha value is -2.58. The van der Waals surface area contributed by atoms with Crippen LogP contribution < -0.4 is 10.6 Å². The SMILES string of the molecule is C[C@H]1NCCN(Cc2cccc3c2C(=O)N(C2CCC(=O)NC2=O)C3=O)[C@H]1C. The first-order valence-electron chi connectivity index (χ1n) is 9.69. The number of piperazine rings is 1. The summed E-state index contributed by atoms with van der Waals surface area (Å²) in [7, 11) is 0. The molecule has 1 aromatic carbocycles. The molecule has 4 rings (SSSR count). The van der Waals surface area contributed by atoms with Crippen molar-refractivity contribution >= 4 is 23.6 Å². The maximum absolute atomic E-state index is 13.2. The second-order valence-electron chi connectivity index (χ2n) is 7.74. The van der Waals surface area contributed by atoms with Crippen molar-refractivity contribution in [3.8, 4) is 0 Å². The molecule has 3 aliphatic rings. The maximum Gasteiger partial charge on any atom is 0.262 e. The molecule has 2 fully saturated rings. The van der Waals surface area contributed by atoms with Crippen LogP contribution in [0.4, 0.5) is 0 Å². The van der Waals surface area contributed by atoms with Gasteiger partial charge in [0.2, 0.25) is 11.8 Å². The zero-order valence-electron chi connectivity index (χ0n) is 16.0. The summed E-state index contributed by atoms with van der Waals surface area (Å²) < 4.78 is 0. The summed E-state index contributed by atoms with van der Waals surface area (Å²) in [5.74, 6) is -1.86. The van der Waals surface area contributed by atoms with Gasteiger partial charge in [0.1, 0.15) is 6.04 Å². The van der Waals surface area contributed by atoms with Gasteiger partial charge in [-0.05, 0) is 31.9 Å². The first-order chi connectivity index (χ1) is 13.4. The van der Waals surface area contributed by atoms with Crippen LogP contribution in [0.25, 0.3) is 0 Å². The third-order valence-electron chi connectivity index (χ3n) is 6.09. The molecule has 1 unspecified atom stereocenters. The van der Waals surface area contributed by atoms with Gasteiger partial charge in [-0.1, -0.05) is 12.1 Å². The standard InChI is InChI=1S/C20H24N4O4/c1-11-12(2)23(9-8-21-11)10-13-4-3-5-14-17(13)20(28)24(19(14)27)15-6-7-16(25)22-18(15)26/h3-5,11-12,15,21H,6-10H2,1-2H3,(H,22,25,26)/t11-,12+,15?/m1/s1. The molecule has 0 bridgehead atoms. The van der Waals surface area contributed by atoms with Gasteiger partial charge in [-0.3, -0.25) is 34.3 Å². The van der Waals surface area contributed by atoms with E-state index >= 15 is 0 Å². The number of imide groups is 2. The van der Waals surface area contributed by atoms with E-state index in [0.717, 1.165) is 23.6 Å². The van der Waals surface area contributed by atoms with Gasteiger partial charge in [-0.2, -0.15) is 0 Å². The number of nitrogens with one attached hydrogen (secondary N) is 2. The summed E-state index contributed by atoms with van der Waals surface area (Å²) in [6.07, 6.45) is 0.282. The van der Waals surface area contributed by atoms with E-state index in [4.69, 9.17) is 0 Å². The summed E-state index contributed by atoms with van der Waals surface area (Å²) in [6, 6.07) is 4.98. The first-order valence-corrected chi connectivity index (χ1v) is 9.69. The summed E-state index contributed by atoms with van der Waals surface area (Å²) >= 11 is 0. The number of benzene rings is 1. The molecule has 8 heteroatoms. The van der Waals surface area contributed by atoms with E-state index in [0.29, 0.717) is 29.8 Å². The molecule has 3 heterocycles. The van der Waals surface area contributed by atoms with E-state index in [9.17, 15) is 19.2 Å². The molecule has 8 nitrogen and oxygen atoms in total. The highest BCUT2D eigenvalue weighted by Crippen LogP contribution is 2.31. The van der Waals surface area contributed by atoms with Crippen LogP contribution in [0.5, 0.6) is 0 Å². The predicted molar refractivity (Wildman–Crippen MR) is 100 cm³/mol. The third-order valence-corrected chi connectivity index (χ3v) is 6.09. The van der Waals surface area contributed by atoms with Crippen molar-refractivity contribution in [2.24, 2.45) is 0 Å². The minimum Gasteiger partial charge on any atom is -0.311 e. The molecule has 3 atom stereocenters. The number of carbonyl (C=O) groups is 4. The third kappa shape index (κ3) is 3.02. The average molecular weight is 384 g/mol. The number of amides is 4. The van der Waals surface area contributed by atoms with E-state index in [1.807, 2.05) is 6.07 Å². The Bertz CT molecular complexity index is 868. The van der Waals surface area contributed by atoms with Crippen LogP contribution in [0.1, 0.15) is 53.0 Å². The lowest BCUT2D eigenvalue weighted by atomic mass is 10.00. The summed E-state index contributed by atoms with van der Waals surface area (Å²) in [5, 5.41) is 5.66. The van der Waals surface area contributed by atoms with Crippen molar-refractivity contribution in [3.05, 3.63) is 34.9 Å². The normalized spacial score (nSPS) is 28.5. The topological polar surface area (TPSA) is 98.8 Å². The lowest BCUT2D eigenvalue weighted by Gasteiger charge is -2.38. The highest BCUT2D eigenvalue weighted by Gasteiger charge is 2.45. The van der Waals surface area contributed by atoms with Crippen LogP contribution >= 0.6 is 0 Å². The minimum atomic E-state index is -0.934. The first kappa shape index (κ1) is 18.8. The second kappa shape index (κ2) is 7.10. The van der Waals surface area contributed by atoms with Crippen molar-refractivity contribution in [1.29, 1.82) is 0 Å². The molecule has 2 saturated heterocycles. The quantitative estimate of drug-likeness (QED) is 0.726. The largest absolute Gasteiger partial charge is 0.311 e. The van der Waals surface area contributed by atoms with Gasteiger partial charge < -0.3 is 5.32 Å². The number of rotatable bonds is 3. The van der Waals surface area contributed by atoms with Crippen molar-refractivity contribution < 1.29 is 19.2 Å². The Morgan fingerprint density at radius 3 is 2.64 bits per heavy atom. The molecule has 28 heavy (non-hydrogen) atoms. The van der Waals surface area contributed by atoms with Gasteiger partial charge in [0, 0.05) is 38.1 Å². The van der Waals surface area contributed by atoms with E-state index in [-0.39, 0.29) is 18.7 Å². The van der Waals surface area contributed by atoms with Gasteiger partial charge >= 0.3 is 0 Å². The number of carbonyl (C=O) groups excluding carboxylic acids is 4. The molecule has 1 aromatic rings. The Morgan fingerprint density at radius 2 is 1.89 bits per heavy atom. The van der Waals surface area contributed by atoms with E-state index in [1.165, 1.54) is 0 Å². The molecule has 0 saturated carbocycles. The van der Waals surface area contributed by atoms with Gasteiger partial charge in [0.05, 0.1) is 11.1 Å². The van der Waals surface area contributed by atoms with Crippen molar-refractivity contribution in [2.45, 2.75) is 51.4 Å². The van der Waals surface area contributed by atoms with Crippen LogP contribution in [0.2, 0.25) is 0 Å². The van der Waals surface area contributed by atoms with Gasteiger partial charge in [-0.25, -0.2) is 0 Å². The average Bonchev–Trinajstić information content (AvgIpc) is 2.91. The smallest absolute Gasteiger partial charge is 0.262 e. The number of fused-ring (bicyclic) bond motifs is 1. The van der Waals surface area contributed by atoms with E-state index in [2.05, 4.69) is 29.4 Å². The fourth-order valence-electron chi connectivity index (χ4n) is 4.28. The lowest BCUT2D eigenvalue weighted by molar-refractivity contribution is -0.136. The Morgan fingerprint density at radius 1 is 1.11 bits per heavy atom. The maximum atomic E-state index is 13.2. The van der Waals surface area contributed by atoms with Crippen molar-refractivity contribution in [2.75, 3.05) is 13.1 Å². The molecule has 2 N–H and O–H groups in total. The van der Waals surface area contributed by atoms with Crippen molar-refractivity contribution in [1.82, 2.24) is 20.4 Å². The second-order valence-corrected chi connectivity index (χ2v) is 7.74. The number of hydrogen-bond acceptors (Lipinski definition) is 6. The minimum absolute atomic E-state index is 0.118. The number of hydrogen-bond donors (Lipinski definition) is 2. The van der Waals surface area contributed by atoms with E-state index < -0.39 is 23.8 Å². The number of piperidine rings is 1. The predicted octanol–water partition coefficient (Wildman–Crippen LogP) is 0.270. The van der Waals surface area contributed by atoms with Gasteiger partial charge in [-0.15, -0.1) is 0 Å². The fourth-order valence-corrected chi connectivity index (χ4v) is 4.28. The van der Waals surface area contributed by atoms with Crippen LogP contribution in [-0.4, -0.2) is 64.6 Å². The monoisotopic (exact) mass is 384 g/mol. The highest BCUT2D eigenvalue weighted by molar-refractivity contribution is 6.24. The fraction of sp³-hybridized carbons (Fsp3) is 0.500. The van der Waals surface area contributed by atoms with Crippen LogP contribution in [0, 0.1) is 0 Å². The van der Waals surface area contributed by atoms with Gasteiger partial charge in [0.25, 0.3) is 11.8 Å². The van der Waals surface area contributed by atoms with E-state index in [1.54, 1.807) is 12.1 Å². The molecular formula is C20H24N4O4. The van der Waals surface area contributed by atoms with Crippen LogP contribution in [0.3, 0.4) is 0 Å². The zero-order chi connectivity index (χ0) is 20.0. The molecule has 0 aliphatic carbocycles. The number of nitrogens with zero attached hydrogens (tertiary/aromatic N) is 2. The molecule has 0 aromatic heterocycles. The Balaban J connectivity index is 1.63. The Labute approximate surface area is 163 Å². The van der Waals surface area contributed by atoms with Crippen molar-refractivity contribution in [3.63, 3.8) is 0 Å². The summed E-state index contributed by atoms with van der Waals surface area (Å²) in [4.78, 5) is 53.0. The molecule has 4 amide bonds. The lowest BCUT2D eigenvalue weighted by Crippen LogP contribution is -2.55. The molecule has 148 valence electrons. The molecule has 0 spiro atoms. The van der Waals surface area contributed by atoms with Gasteiger partial charge in [0.15, 0.2) is 0 Å². The summed E-state index contributed by atoms with van der Waals surface area (Å²) in [6.45, 7) is 6.57. The van der Waals surface area contributed by atoms with Crippen LogP contribution in [-0.2, 0) is 16.1 Å². The molecular weight excluding hydrogens is 360 g/mol. The zero-order valence-corrected chi connectivity index (χ0v) is 16.0. The highest BCUT2D eigenvalue weighted by atomic mass is 16.2. The Kier molecular flexibility index (Phi) is 4.76.